The largest absolute Gasteiger partial charge is 0.381 e. The van der Waals surface area contributed by atoms with Crippen molar-refractivity contribution in [2.75, 3.05) is 7.11 Å². The number of hydrogen-bond acceptors (Lipinski definition) is 1. The fraction of sp³-hybridized carbons (Fsp3) is 0.667. The Labute approximate surface area is 44.7 Å². The van der Waals surface area contributed by atoms with Crippen LogP contribution in [0.1, 0.15) is 13.3 Å². The number of rotatable bonds is 2. The van der Waals surface area contributed by atoms with Gasteiger partial charge in [-0.2, -0.15) is 0 Å². The molecule has 1 unspecified atom stereocenters. The van der Waals surface area contributed by atoms with E-state index in [0.29, 0.717) is 6.42 Å². The zero-order chi connectivity index (χ0) is 5.70. The fourth-order valence-corrected chi connectivity index (χ4v) is 0.227. The van der Waals surface area contributed by atoms with E-state index in [2.05, 4.69) is 5.92 Å². The normalized spacial score (nSPS) is 12.7. The molecule has 7 heavy (non-hydrogen) atoms. The third-order valence-electron chi connectivity index (χ3n) is 0.792. The molecule has 1 radical (unpaired) electrons. The van der Waals surface area contributed by atoms with E-state index >= 15 is 0 Å². The van der Waals surface area contributed by atoms with Crippen LogP contribution in [-0.2, 0) is 4.74 Å². The summed E-state index contributed by atoms with van der Waals surface area (Å²) >= 11 is 0. The average Bonchev–Trinajstić information content (AvgIpc) is 1.68. The minimum atomic E-state index is 0.150. The molecule has 0 fully saturated rings. The van der Waals surface area contributed by atoms with Crippen LogP contribution in [0.5, 0.6) is 0 Å². The van der Waals surface area contributed by atoms with Crippen LogP contribution in [0.25, 0.3) is 0 Å². The van der Waals surface area contributed by atoms with E-state index in [9.17, 15) is 0 Å². The molecule has 0 aliphatic heterocycles. The maximum Gasteiger partial charge on any atom is 0.0652 e. The summed E-state index contributed by atoms with van der Waals surface area (Å²) in [5, 5.41) is 0. The third-order valence-corrected chi connectivity index (χ3v) is 0.792. The fourth-order valence-electron chi connectivity index (χ4n) is 0.227. The summed E-state index contributed by atoms with van der Waals surface area (Å²) in [6.07, 6.45) is 7.25. The van der Waals surface area contributed by atoms with Crippen LogP contribution in [-0.4, -0.2) is 13.2 Å². The average molecular weight is 97.1 g/mol. The van der Waals surface area contributed by atoms with Gasteiger partial charge in [-0.3, -0.25) is 0 Å². The van der Waals surface area contributed by atoms with Gasteiger partial charge in [-0.15, -0.1) is 0 Å². The third kappa shape index (κ3) is 3.35. The zero-order valence-corrected chi connectivity index (χ0v) is 4.69. The van der Waals surface area contributed by atoms with Crippen LogP contribution in [0.2, 0.25) is 0 Å². The second-order valence-corrected chi connectivity index (χ2v) is 1.43. The lowest BCUT2D eigenvalue weighted by atomic mass is 10.3. The monoisotopic (exact) mass is 97.1 g/mol. The molecule has 0 heterocycles. The number of hydrogen-bond donors (Lipinski definition) is 0. The van der Waals surface area contributed by atoms with Crippen molar-refractivity contribution in [3.05, 3.63) is 6.42 Å². The second-order valence-electron chi connectivity index (χ2n) is 1.43. The summed E-state index contributed by atoms with van der Waals surface area (Å²) in [5.74, 6) is 2.24. The van der Waals surface area contributed by atoms with Crippen LogP contribution in [0.3, 0.4) is 0 Å². The van der Waals surface area contributed by atoms with Gasteiger partial charge in [0.1, 0.15) is 0 Å². The van der Waals surface area contributed by atoms with E-state index in [1.807, 2.05) is 6.92 Å². The van der Waals surface area contributed by atoms with Gasteiger partial charge in [-0.1, -0.05) is 5.92 Å². The topological polar surface area (TPSA) is 9.23 Å². The first kappa shape index (κ1) is 6.52. The highest BCUT2D eigenvalue weighted by Crippen LogP contribution is 1.90. The molecule has 0 bridgehead atoms. The molecule has 1 atom stereocenters. The van der Waals surface area contributed by atoms with Crippen molar-refractivity contribution in [2.24, 2.45) is 0 Å². The standard InChI is InChI=1S/C6H9O/c1-4-5-6(2)7-3/h6H,5H2,2-3H3. The second kappa shape index (κ2) is 3.70. The number of ether oxygens (including phenoxy) is 1. The molecule has 0 aliphatic carbocycles. The minimum absolute atomic E-state index is 0.150. The molecular formula is C6H9O. The maximum absolute atomic E-state index is 6.51. The Morgan fingerprint density at radius 1 is 1.86 bits per heavy atom. The molecule has 0 spiro atoms. The first-order valence-electron chi connectivity index (χ1n) is 2.23. The molecule has 0 rings (SSSR count). The molecule has 0 aliphatic rings. The van der Waals surface area contributed by atoms with Crippen LogP contribution in [0.4, 0.5) is 0 Å². The van der Waals surface area contributed by atoms with Crippen molar-refractivity contribution in [3.63, 3.8) is 0 Å². The molecule has 0 aromatic carbocycles. The van der Waals surface area contributed by atoms with E-state index in [1.165, 1.54) is 0 Å². The smallest absolute Gasteiger partial charge is 0.0652 e. The Bertz CT molecular complexity index is 70.7. The Kier molecular flexibility index (Phi) is 3.45. The quantitative estimate of drug-likeness (QED) is 0.467. The van der Waals surface area contributed by atoms with Crippen molar-refractivity contribution in [3.8, 4) is 5.92 Å². The highest BCUT2D eigenvalue weighted by Gasteiger charge is 1.91. The van der Waals surface area contributed by atoms with Crippen molar-refractivity contribution >= 4 is 0 Å². The Hall–Kier alpha value is -0.480. The first-order valence-corrected chi connectivity index (χ1v) is 2.23. The summed E-state index contributed by atoms with van der Waals surface area (Å²) in [4.78, 5) is 0. The Morgan fingerprint density at radius 2 is 2.43 bits per heavy atom. The van der Waals surface area contributed by atoms with Gasteiger partial charge in [-0.05, 0) is 13.3 Å². The van der Waals surface area contributed by atoms with Gasteiger partial charge in [0.25, 0.3) is 0 Å². The molecule has 1 heteroatoms. The van der Waals surface area contributed by atoms with Crippen LogP contribution in [0, 0.1) is 12.3 Å². The van der Waals surface area contributed by atoms with Crippen molar-refractivity contribution in [1.29, 1.82) is 0 Å². The van der Waals surface area contributed by atoms with Crippen molar-refractivity contribution < 1.29 is 4.74 Å². The maximum atomic E-state index is 6.51. The van der Waals surface area contributed by atoms with Gasteiger partial charge in [0, 0.05) is 13.5 Å². The molecule has 0 saturated carbocycles. The molecule has 0 aromatic rings. The lowest BCUT2D eigenvalue weighted by Gasteiger charge is -2.00. The van der Waals surface area contributed by atoms with Crippen LogP contribution in [0.15, 0.2) is 0 Å². The molecule has 0 saturated heterocycles. The first-order chi connectivity index (χ1) is 3.31. The van der Waals surface area contributed by atoms with Crippen LogP contribution >= 0.6 is 0 Å². The van der Waals surface area contributed by atoms with Crippen molar-refractivity contribution in [2.45, 2.75) is 19.4 Å². The van der Waals surface area contributed by atoms with Gasteiger partial charge in [0.2, 0.25) is 0 Å². The van der Waals surface area contributed by atoms with E-state index in [4.69, 9.17) is 11.2 Å². The van der Waals surface area contributed by atoms with Gasteiger partial charge < -0.3 is 4.74 Å². The molecule has 1 nitrogen and oxygen atoms in total. The Balaban J connectivity index is 3.03. The summed E-state index contributed by atoms with van der Waals surface area (Å²) < 4.78 is 4.81. The lowest BCUT2D eigenvalue weighted by molar-refractivity contribution is 0.123. The summed E-state index contributed by atoms with van der Waals surface area (Å²) in [6, 6.07) is 0. The summed E-state index contributed by atoms with van der Waals surface area (Å²) in [7, 11) is 1.63. The van der Waals surface area contributed by atoms with E-state index < -0.39 is 0 Å². The van der Waals surface area contributed by atoms with Gasteiger partial charge in [0.15, 0.2) is 0 Å². The molecule has 0 amide bonds. The Morgan fingerprint density at radius 3 is 2.57 bits per heavy atom. The predicted molar refractivity (Wildman–Crippen MR) is 28.2 cm³/mol. The van der Waals surface area contributed by atoms with E-state index in [0.717, 1.165) is 0 Å². The summed E-state index contributed by atoms with van der Waals surface area (Å²) in [6.45, 7) is 1.90. The molecule has 0 aromatic heterocycles. The molecular weight excluding hydrogens is 88.1 g/mol. The zero-order valence-electron chi connectivity index (χ0n) is 4.69. The van der Waals surface area contributed by atoms with Crippen LogP contribution < -0.4 is 0 Å². The summed E-state index contributed by atoms with van der Waals surface area (Å²) in [5.41, 5.74) is 0. The van der Waals surface area contributed by atoms with Gasteiger partial charge in [0.05, 0.1) is 6.10 Å². The van der Waals surface area contributed by atoms with Gasteiger partial charge in [-0.25, -0.2) is 0 Å². The van der Waals surface area contributed by atoms with E-state index in [-0.39, 0.29) is 6.10 Å². The minimum Gasteiger partial charge on any atom is -0.381 e. The van der Waals surface area contributed by atoms with Crippen molar-refractivity contribution in [1.82, 2.24) is 0 Å². The highest BCUT2D eigenvalue weighted by atomic mass is 16.5. The number of methoxy groups -OCH3 is 1. The predicted octanol–water partition coefficient (Wildman–Crippen LogP) is 1.00. The van der Waals surface area contributed by atoms with E-state index in [1.54, 1.807) is 7.11 Å². The molecule has 39 valence electrons. The SMILES string of the molecule is [C]#CCC(C)OC. The highest BCUT2D eigenvalue weighted by molar-refractivity contribution is 4.78. The van der Waals surface area contributed by atoms with Gasteiger partial charge >= 0.3 is 0 Å². The lowest BCUT2D eigenvalue weighted by Crippen LogP contribution is -2.01. The molecule has 0 N–H and O–H groups in total.